The van der Waals surface area contributed by atoms with Gasteiger partial charge in [-0.25, -0.2) is 0 Å². The van der Waals surface area contributed by atoms with Gasteiger partial charge in [0.2, 0.25) is 5.96 Å². The van der Waals surface area contributed by atoms with E-state index in [0.29, 0.717) is 80.2 Å². The first-order valence-corrected chi connectivity index (χ1v) is 14.2. The molecular formula is C32H38N8O3. The number of carbonyl (C=O) groups excluding carboxylic acids is 1. The van der Waals surface area contributed by atoms with Gasteiger partial charge in [0.15, 0.2) is 0 Å². The zero-order chi connectivity index (χ0) is 30.3. The van der Waals surface area contributed by atoms with E-state index in [4.69, 9.17) is 30.6 Å². The Morgan fingerprint density at radius 1 is 0.953 bits per heavy atom. The van der Waals surface area contributed by atoms with Gasteiger partial charge in [0.1, 0.15) is 11.7 Å². The number of hydrogen-bond donors (Lipinski definition) is 5. The third kappa shape index (κ3) is 10.2. The highest BCUT2D eigenvalue weighted by Crippen LogP contribution is 2.19. The first kappa shape index (κ1) is 31.1. The molecule has 0 saturated heterocycles. The predicted molar refractivity (Wildman–Crippen MR) is 174 cm³/mol. The number of anilines is 3. The van der Waals surface area contributed by atoms with Gasteiger partial charge in [-0.2, -0.15) is 9.98 Å². The van der Waals surface area contributed by atoms with E-state index >= 15 is 0 Å². The van der Waals surface area contributed by atoms with Crippen LogP contribution in [0.2, 0.25) is 0 Å². The minimum Gasteiger partial charge on any atom is -0.398 e. The summed E-state index contributed by atoms with van der Waals surface area (Å²) in [6.07, 6.45) is 1.81. The smallest absolute Gasteiger partial charge is 0.251 e. The maximum absolute atomic E-state index is 12.0. The quantitative estimate of drug-likeness (QED) is 0.114. The maximum atomic E-state index is 12.0. The minimum absolute atomic E-state index is 0.0315. The van der Waals surface area contributed by atoms with Crippen LogP contribution >= 0.6 is 0 Å². The standard InChI is InChI=1S/C32H38N8O3/c1-23-20-29(35-14-16-42-18-19-43-17-15-36-31(41)24-8-4-2-5-9-24)39-32(38-27-13-12-25(22-33)28(34)21-27)40-30(23)37-26-10-6-3-7-11-26/h2-13,21-23,33H,14-20,34H2,1H3,(H,36,41)(H2,35,37,38,39,40). The molecule has 11 nitrogen and oxygen atoms in total. The zero-order valence-corrected chi connectivity index (χ0v) is 24.3. The molecule has 3 aromatic rings. The van der Waals surface area contributed by atoms with Gasteiger partial charge in [-0.3, -0.25) is 9.79 Å². The number of nitrogen functional groups attached to an aromatic ring is 1. The summed E-state index contributed by atoms with van der Waals surface area (Å²) in [6.45, 7) is 4.61. The molecule has 1 aliphatic heterocycles. The van der Waals surface area contributed by atoms with Gasteiger partial charge in [0.05, 0.1) is 33.0 Å². The molecule has 11 heteroatoms. The fraction of sp³-hybridized carbons (Fsp3) is 0.281. The lowest BCUT2D eigenvalue weighted by molar-refractivity contribution is 0.0512. The molecule has 43 heavy (non-hydrogen) atoms. The number of amides is 1. The molecule has 0 aromatic heterocycles. The van der Waals surface area contributed by atoms with Crippen LogP contribution in [0.5, 0.6) is 0 Å². The molecular weight excluding hydrogens is 544 g/mol. The van der Waals surface area contributed by atoms with E-state index in [1.807, 2.05) is 54.6 Å². The normalized spacial score (nSPS) is 15.7. The van der Waals surface area contributed by atoms with Crippen molar-refractivity contribution < 1.29 is 14.3 Å². The number of benzene rings is 3. The van der Waals surface area contributed by atoms with Crippen LogP contribution in [0.1, 0.15) is 29.3 Å². The van der Waals surface area contributed by atoms with Crippen molar-refractivity contribution in [1.29, 1.82) is 5.41 Å². The number of nitrogens with two attached hydrogens (primary N) is 1. The van der Waals surface area contributed by atoms with Crippen molar-refractivity contribution in [2.75, 3.05) is 55.9 Å². The number of nitrogens with zero attached hydrogens (tertiary/aromatic N) is 3. The fourth-order valence-electron chi connectivity index (χ4n) is 4.17. The highest BCUT2D eigenvalue weighted by atomic mass is 16.5. The lowest BCUT2D eigenvalue weighted by Crippen LogP contribution is -2.27. The predicted octanol–water partition coefficient (Wildman–Crippen LogP) is 4.45. The second-order valence-electron chi connectivity index (χ2n) is 9.79. The van der Waals surface area contributed by atoms with E-state index in [9.17, 15) is 4.79 Å². The molecule has 1 amide bonds. The van der Waals surface area contributed by atoms with Gasteiger partial charge in [0.25, 0.3) is 5.91 Å². The summed E-state index contributed by atoms with van der Waals surface area (Å²) in [7, 11) is 0. The summed E-state index contributed by atoms with van der Waals surface area (Å²) in [5.41, 5.74) is 9.47. The number of ether oxygens (including phenoxy) is 2. The lowest BCUT2D eigenvalue weighted by atomic mass is 10.1. The van der Waals surface area contributed by atoms with E-state index in [1.54, 1.807) is 24.3 Å². The highest BCUT2D eigenvalue weighted by molar-refractivity contribution is 6.14. The van der Waals surface area contributed by atoms with E-state index < -0.39 is 0 Å². The Labute approximate surface area is 251 Å². The van der Waals surface area contributed by atoms with Crippen LogP contribution in [0.4, 0.5) is 17.1 Å². The molecule has 1 heterocycles. The first-order valence-electron chi connectivity index (χ1n) is 14.2. The van der Waals surface area contributed by atoms with Crippen LogP contribution in [-0.4, -0.2) is 69.3 Å². The number of amidine groups is 2. The van der Waals surface area contributed by atoms with Crippen LogP contribution in [0.25, 0.3) is 0 Å². The molecule has 0 aliphatic carbocycles. The number of nitrogens with one attached hydrogen (secondary N) is 4. The summed E-state index contributed by atoms with van der Waals surface area (Å²) in [4.78, 5) is 26.2. The fourth-order valence-corrected chi connectivity index (χ4v) is 4.17. The summed E-state index contributed by atoms with van der Waals surface area (Å²) in [5, 5.41) is 17.0. The van der Waals surface area contributed by atoms with E-state index in [-0.39, 0.29) is 11.8 Å². The van der Waals surface area contributed by atoms with Crippen LogP contribution in [-0.2, 0) is 9.47 Å². The van der Waals surface area contributed by atoms with Gasteiger partial charge in [-0.15, -0.1) is 0 Å². The summed E-state index contributed by atoms with van der Waals surface area (Å²) in [5.74, 6) is 1.72. The zero-order valence-electron chi connectivity index (χ0n) is 24.3. The molecule has 0 fully saturated rings. The topological polar surface area (TPSA) is 159 Å². The lowest BCUT2D eigenvalue weighted by Gasteiger charge is -2.15. The van der Waals surface area contributed by atoms with E-state index in [0.717, 1.165) is 11.5 Å². The maximum Gasteiger partial charge on any atom is 0.251 e. The minimum atomic E-state index is -0.119. The van der Waals surface area contributed by atoms with Crippen LogP contribution in [0.3, 0.4) is 0 Å². The van der Waals surface area contributed by atoms with Gasteiger partial charge in [-0.05, 0) is 42.5 Å². The third-order valence-corrected chi connectivity index (χ3v) is 6.43. The monoisotopic (exact) mass is 582 g/mol. The van der Waals surface area contributed by atoms with Gasteiger partial charge >= 0.3 is 0 Å². The van der Waals surface area contributed by atoms with Gasteiger partial charge in [-0.1, -0.05) is 43.3 Å². The molecule has 0 bridgehead atoms. The van der Waals surface area contributed by atoms with E-state index in [2.05, 4.69) is 27.9 Å². The Balaban J connectivity index is 1.27. The molecule has 224 valence electrons. The molecule has 1 unspecified atom stereocenters. The molecule has 1 aliphatic rings. The second-order valence-corrected chi connectivity index (χ2v) is 9.79. The van der Waals surface area contributed by atoms with Crippen LogP contribution in [0, 0.1) is 11.3 Å². The molecule has 6 N–H and O–H groups in total. The van der Waals surface area contributed by atoms with Crippen LogP contribution < -0.4 is 21.7 Å². The van der Waals surface area contributed by atoms with Crippen molar-refractivity contribution >= 4 is 46.8 Å². The molecule has 0 radical (unpaired) electrons. The largest absolute Gasteiger partial charge is 0.398 e. The Morgan fingerprint density at radius 2 is 1.67 bits per heavy atom. The van der Waals surface area contributed by atoms with Crippen LogP contribution in [0.15, 0.2) is 93.8 Å². The highest BCUT2D eigenvalue weighted by Gasteiger charge is 2.20. The van der Waals surface area contributed by atoms with E-state index in [1.165, 1.54) is 6.21 Å². The summed E-state index contributed by atoms with van der Waals surface area (Å²) >= 11 is 0. The van der Waals surface area contributed by atoms with Crippen molar-refractivity contribution in [2.24, 2.45) is 20.9 Å². The number of guanidine groups is 1. The van der Waals surface area contributed by atoms with Crippen molar-refractivity contribution in [2.45, 2.75) is 13.3 Å². The Bertz CT molecular complexity index is 1440. The number of carbonyl (C=O) groups is 1. The molecule has 1 atom stereocenters. The average Bonchev–Trinajstić information content (AvgIpc) is 3.16. The number of hydrogen-bond acceptors (Lipinski definition) is 9. The SMILES string of the molecule is CC1CC(=NCCOCCOCCNC(=O)c2ccccc2)N=C(Nc2ccc(C=N)c(N)c2)N=C1Nc1ccccc1. The average molecular weight is 583 g/mol. The van der Waals surface area contributed by atoms with Crippen molar-refractivity contribution in [3.8, 4) is 0 Å². The Morgan fingerprint density at radius 3 is 2.40 bits per heavy atom. The second kappa shape index (κ2) is 16.5. The summed E-state index contributed by atoms with van der Waals surface area (Å²) in [6, 6.07) is 24.3. The van der Waals surface area contributed by atoms with Crippen molar-refractivity contribution in [1.82, 2.24) is 5.32 Å². The third-order valence-electron chi connectivity index (χ3n) is 6.43. The van der Waals surface area contributed by atoms with Crippen molar-refractivity contribution in [3.63, 3.8) is 0 Å². The Kier molecular flexibility index (Phi) is 12.0. The number of rotatable bonds is 13. The molecule has 4 rings (SSSR count). The molecule has 0 saturated carbocycles. The molecule has 3 aromatic carbocycles. The first-order chi connectivity index (χ1) is 21.0. The number of aliphatic imine (C=N–C) groups is 3. The van der Waals surface area contributed by atoms with Gasteiger partial charge in [0, 0.05) is 53.3 Å². The van der Waals surface area contributed by atoms with Crippen molar-refractivity contribution in [3.05, 3.63) is 90.0 Å². The Hall–Kier alpha value is -4.87. The number of para-hydroxylation sites is 1. The molecule has 0 spiro atoms. The summed E-state index contributed by atoms with van der Waals surface area (Å²) < 4.78 is 11.2. The van der Waals surface area contributed by atoms with Gasteiger partial charge < -0.3 is 36.6 Å².